The molecule has 2 aromatic carbocycles. The number of ether oxygens (including phenoxy) is 1. The maximum atomic E-state index is 13.1. The molecule has 3 aromatic rings. The summed E-state index contributed by atoms with van der Waals surface area (Å²) in [5, 5.41) is 3.83. The molecule has 0 fully saturated rings. The molecule has 1 heterocycles. The molecule has 2 amide bonds. The van der Waals surface area contributed by atoms with Crippen LogP contribution in [0.25, 0.3) is 0 Å². The molecule has 166 valence electrons. The zero-order valence-corrected chi connectivity index (χ0v) is 19.0. The van der Waals surface area contributed by atoms with Crippen LogP contribution in [0.1, 0.15) is 18.2 Å². The summed E-state index contributed by atoms with van der Waals surface area (Å²) in [5.41, 5.74) is 1.57. The largest absolute Gasteiger partial charge is 0.482 e. The highest BCUT2D eigenvalue weighted by molar-refractivity contribution is 6.32. The Kier molecular flexibility index (Phi) is 8.48. The minimum absolute atomic E-state index is 0.222. The number of carbonyl (C=O) groups is 2. The second-order valence-corrected chi connectivity index (χ2v) is 7.93. The van der Waals surface area contributed by atoms with Crippen molar-refractivity contribution in [3.8, 4) is 5.75 Å². The third kappa shape index (κ3) is 6.70. The van der Waals surface area contributed by atoms with Gasteiger partial charge in [0, 0.05) is 17.8 Å². The summed E-state index contributed by atoms with van der Waals surface area (Å²) in [7, 11) is 0. The molecule has 0 aliphatic rings. The summed E-state index contributed by atoms with van der Waals surface area (Å²) in [6.45, 7) is 1.91. The molecule has 0 unspecified atom stereocenters. The van der Waals surface area contributed by atoms with Gasteiger partial charge in [0.15, 0.2) is 6.61 Å². The lowest BCUT2D eigenvalue weighted by Crippen LogP contribution is -2.48. The van der Waals surface area contributed by atoms with E-state index in [1.165, 1.54) is 4.90 Å². The van der Waals surface area contributed by atoms with Gasteiger partial charge >= 0.3 is 0 Å². The molecular weight excluding hydrogens is 449 g/mol. The van der Waals surface area contributed by atoms with E-state index < -0.39 is 6.04 Å². The summed E-state index contributed by atoms with van der Waals surface area (Å²) in [6.07, 6.45) is 1.66. The van der Waals surface area contributed by atoms with Crippen molar-refractivity contribution in [2.24, 2.45) is 0 Å². The molecule has 32 heavy (non-hydrogen) atoms. The van der Waals surface area contributed by atoms with E-state index >= 15 is 0 Å². The molecule has 1 atom stereocenters. The molecule has 0 saturated heterocycles. The Morgan fingerprint density at radius 1 is 1.03 bits per heavy atom. The lowest BCUT2D eigenvalue weighted by molar-refractivity contribution is -0.142. The van der Waals surface area contributed by atoms with Gasteiger partial charge in [-0.1, -0.05) is 53.5 Å². The number of nitrogens with one attached hydrogen (secondary N) is 1. The summed E-state index contributed by atoms with van der Waals surface area (Å²) < 4.78 is 5.61. The second-order valence-electron chi connectivity index (χ2n) is 7.08. The standard InChI is InChI=1S/C24H23Cl2N3O3/c1-17(24(31)28-14-20-6-4-5-13-27-20)29(15-18-9-11-19(25)12-10-18)23(30)16-32-22-8-3-2-7-21(22)26/h2-13,17H,14-16H2,1H3,(H,28,31)/t17-/m0/s1. The van der Waals surface area contributed by atoms with Gasteiger partial charge in [0.25, 0.3) is 5.91 Å². The zero-order valence-electron chi connectivity index (χ0n) is 17.5. The number of para-hydroxylation sites is 1. The van der Waals surface area contributed by atoms with E-state index in [2.05, 4.69) is 10.3 Å². The third-order valence-electron chi connectivity index (χ3n) is 4.79. The van der Waals surface area contributed by atoms with Crippen molar-refractivity contribution < 1.29 is 14.3 Å². The number of aromatic nitrogens is 1. The van der Waals surface area contributed by atoms with Gasteiger partial charge in [-0.15, -0.1) is 0 Å². The number of hydrogen-bond donors (Lipinski definition) is 1. The van der Waals surface area contributed by atoms with Crippen LogP contribution in [0.15, 0.2) is 72.9 Å². The molecule has 1 N–H and O–H groups in total. The number of carbonyl (C=O) groups excluding carboxylic acids is 2. The molecule has 0 aliphatic heterocycles. The Balaban J connectivity index is 1.71. The average Bonchev–Trinajstić information content (AvgIpc) is 2.81. The van der Waals surface area contributed by atoms with Gasteiger partial charge in [-0.25, -0.2) is 0 Å². The van der Waals surface area contributed by atoms with Crippen molar-refractivity contribution in [1.82, 2.24) is 15.2 Å². The number of hydrogen-bond acceptors (Lipinski definition) is 4. The summed E-state index contributed by atoms with van der Waals surface area (Å²) in [5.74, 6) is -0.239. The molecule has 8 heteroatoms. The van der Waals surface area contributed by atoms with Gasteiger partial charge < -0.3 is 15.0 Å². The van der Waals surface area contributed by atoms with E-state index in [4.69, 9.17) is 27.9 Å². The molecule has 0 aliphatic carbocycles. The first kappa shape index (κ1) is 23.6. The van der Waals surface area contributed by atoms with Crippen molar-refractivity contribution >= 4 is 35.0 Å². The summed E-state index contributed by atoms with van der Waals surface area (Å²) in [6, 6.07) is 18.8. The van der Waals surface area contributed by atoms with Gasteiger partial charge in [-0.05, 0) is 48.9 Å². The van der Waals surface area contributed by atoms with Crippen LogP contribution < -0.4 is 10.1 Å². The maximum Gasteiger partial charge on any atom is 0.261 e. The van der Waals surface area contributed by atoms with E-state index in [1.807, 2.05) is 24.3 Å². The number of amides is 2. The molecular formula is C24H23Cl2N3O3. The lowest BCUT2D eigenvalue weighted by Gasteiger charge is -2.28. The van der Waals surface area contributed by atoms with Crippen LogP contribution in [0.5, 0.6) is 5.75 Å². The Morgan fingerprint density at radius 3 is 2.44 bits per heavy atom. The fraction of sp³-hybridized carbons (Fsp3) is 0.208. The number of nitrogens with zero attached hydrogens (tertiary/aromatic N) is 2. The number of pyridine rings is 1. The van der Waals surface area contributed by atoms with Gasteiger partial charge in [-0.2, -0.15) is 0 Å². The topological polar surface area (TPSA) is 71.5 Å². The van der Waals surface area contributed by atoms with Crippen molar-refractivity contribution in [3.63, 3.8) is 0 Å². The highest BCUT2D eigenvalue weighted by Crippen LogP contribution is 2.23. The highest BCUT2D eigenvalue weighted by atomic mass is 35.5. The fourth-order valence-corrected chi connectivity index (χ4v) is 3.30. The van der Waals surface area contributed by atoms with Crippen LogP contribution in [0.4, 0.5) is 0 Å². The van der Waals surface area contributed by atoms with Crippen LogP contribution in [0.3, 0.4) is 0 Å². The monoisotopic (exact) mass is 471 g/mol. The Bertz CT molecular complexity index is 1050. The fourth-order valence-electron chi connectivity index (χ4n) is 2.98. The SMILES string of the molecule is C[C@@H](C(=O)NCc1ccccn1)N(Cc1ccc(Cl)cc1)C(=O)COc1ccccc1Cl. The van der Waals surface area contributed by atoms with Crippen LogP contribution in [-0.4, -0.2) is 34.3 Å². The minimum atomic E-state index is -0.739. The first-order chi connectivity index (χ1) is 15.4. The number of rotatable bonds is 9. The Morgan fingerprint density at radius 2 is 1.75 bits per heavy atom. The smallest absolute Gasteiger partial charge is 0.261 e. The first-order valence-electron chi connectivity index (χ1n) is 10.0. The van der Waals surface area contributed by atoms with Crippen LogP contribution in [0.2, 0.25) is 10.0 Å². The molecule has 0 bridgehead atoms. The number of benzene rings is 2. The quantitative estimate of drug-likeness (QED) is 0.498. The van der Waals surface area contributed by atoms with Crippen LogP contribution in [-0.2, 0) is 22.7 Å². The van der Waals surface area contributed by atoms with Gasteiger partial charge in [0.1, 0.15) is 11.8 Å². The molecule has 3 rings (SSSR count). The zero-order chi connectivity index (χ0) is 22.9. The van der Waals surface area contributed by atoms with Crippen LogP contribution >= 0.6 is 23.2 Å². The average molecular weight is 472 g/mol. The van der Waals surface area contributed by atoms with Crippen molar-refractivity contribution in [1.29, 1.82) is 0 Å². The predicted octanol–water partition coefficient (Wildman–Crippen LogP) is 4.50. The molecule has 0 spiro atoms. The van der Waals surface area contributed by atoms with Gasteiger partial charge in [-0.3, -0.25) is 14.6 Å². The molecule has 6 nitrogen and oxygen atoms in total. The van der Waals surface area contributed by atoms with Crippen molar-refractivity contribution in [3.05, 3.63) is 94.2 Å². The molecule has 0 radical (unpaired) electrons. The van der Waals surface area contributed by atoms with E-state index in [0.29, 0.717) is 15.8 Å². The first-order valence-corrected chi connectivity index (χ1v) is 10.8. The summed E-state index contributed by atoms with van der Waals surface area (Å²) in [4.78, 5) is 31.5. The third-order valence-corrected chi connectivity index (χ3v) is 5.36. The minimum Gasteiger partial charge on any atom is -0.482 e. The van der Waals surface area contributed by atoms with E-state index in [0.717, 1.165) is 11.3 Å². The van der Waals surface area contributed by atoms with Crippen molar-refractivity contribution in [2.75, 3.05) is 6.61 Å². The van der Waals surface area contributed by atoms with E-state index in [9.17, 15) is 9.59 Å². The number of halogens is 2. The molecule has 0 saturated carbocycles. The van der Waals surface area contributed by atoms with Gasteiger partial charge in [0.2, 0.25) is 5.91 Å². The van der Waals surface area contributed by atoms with Crippen LogP contribution in [0, 0.1) is 0 Å². The Labute approximate surface area is 197 Å². The van der Waals surface area contributed by atoms with Crippen molar-refractivity contribution in [2.45, 2.75) is 26.1 Å². The maximum absolute atomic E-state index is 13.1. The predicted molar refractivity (Wildman–Crippen MR) is 124 cm³/mol. The highest BCUT2D eigenvalue weighted by Gasteiger charge is 2.26. The van der Waals surface area contributed by atoms with Gasteiger partial charge in [0.05, 0.1) is 17.3 Å². The lowest BCUT2D eigenvalue weighted by atomic mass is 10.1. The van der Waals surface area contributed by atoms with E-state index in [-0.39, 0.29) is 31.5 Å². The normalized spacial score (nSPS) is 11.5. The molecule has 1 aromatic heterocycles. The second kappa shape index (κ2) is 11.5. The van der Waals surface area contributed by atoms with E-state index in [1.54, 1.807) is 55.6 Å². The summed E-state index contributed by atoms with van der Waals surface area (Å²) >= 11 is 12.1. The Hall–Kier alpha value is -3.09.